The van der Waals surface area contributed by atoms with Gasteiger partial charge >= 0.3 is 0 Å². The van der Waals surface area contributed by atoms with Gasteiger partial charge in [0.25, 0.3) is 0 Å². The summed E-state index contributed by atoms with van der Waals surface area (Å²) in [5.74, 6) is 0. The van der Waals surface area contributed by atoms with E-state index in [9.17, 15) is 0 Å². The molecule has 0 bridgehead atoms. The molecule has 16 heavy (non-hydrogen) atoms. The molecule has 2 heterocycles. The average Bonchev–Trinajstić information content (AvgIpc) is 2.89. The lowest BCUT2D eigenvalue weighted by Crippen LogP contribution is -2.20. The molecule has 0 amide bonds. The van der Waals surface area contributed by atoms with E-state index in [1.54, 1.807) is 23.9 Å². The second-order valence-electron chi connectivity index (χ2n) is 3.85. The molecule has 2 aromatic rings. The first kappa shape index (κ1) is 11.4. The van der Waals surface area contributed by atoms with Crippen LogP contribution in [0.3, 0.4) is 0 Å². The van der Waals surface area contributed by atoms with Crippen LogP contribution in [0.15, 0.2) is 29.2 Å². The standard InChI is InChI=1S/C12H16N2OS/c1-9-7-14-12(16-9)3-5-13-10(2)11-4-6-15-8-11/h4,6-8,10,13H,3,5H2,1-2H3. The highest BCUT2D eigenvalue weighted by molar-refractivity contribution is 7.11. The minimum Gasteiger partial charge on any atom is -0.472 e. The van der Waals surface area contributed by atoms with E-state index < -0.39 is 0 Å². The fourth-order valence-electron chi connectivity index (χ4n) is 1.55. The molecule has 0 aromatic carbocycles. The van der Waals surface area contributed by atoms with E-state index >= 15 is 0 Å². The van der Waals surface area contributed by atoms with Crippen molar-refractivity contribution >= 4 is 11.3 Å². The predicted molar refractivity (Wildman–Crippen MR) is 65.7 cm³/mol. The maximum Gasteiger partial charge on any atom is 0.0950 e. The van der Waals surface area contributed by atoms with Crippen molar-refractivity contribution in [3.8, 4) is 0 Å². The maximum absolute atomic E-state index is 5.05. The highest BCUT2D eigenvalue weighted by Gasteiger charge is 2.06. The third-order valence-corrected chi connectivity index (χ3v) is 3.47. The van der Waals surface area contributed by atoms with E-state index in [0.29, 0.717) is 6.04 Å². The molecule has 3 nitrogen and oxygen atoms in total. The molecule has 4 heteroatoms. The summed E-state index contributed by atoms with van der Waals surface area (Å²) in [4.78, 5) is 5.61. The van der Waals surface area contributed by atoms with Crippen LogP contribution in [-0.2, 0) is 6.42 Å². The maximum atomic E-state index is 5.05. The molecule has 0 aliphatic carbocycles. The number of aromatic nitrogens is 1. The van der Waals surface area contributed by atoms with Gasteiger partial charge in [-0.2, -0.15) is 0 Å². The molecule has 1 unspecified atom stereocenters. The van der Waals surface area contributed by atoms with Crippen LogP contribution in [0.1, 0.15) is 28.4 Å². The highest BCUT2D eigenvalue weighted by atomic mass is 32.1. The Bertz CT molecular complexity index is 422. The molecule has 1 N–H and O–H groups in total. The van der Waals surface area contributed by atoms with Crippen molar-refractivity contribution in [1.29, 1.82) is 0 Å². The van der Waals surface area contributed by atoms with Crippen molar-refractivity contribution < 1.29 is 4.42 Å². The molecule has 0 aliphatic heterocycles. The van der Waals surface area contributed by atoms with Crippen LogP contribution in [0.25, 0.3) is 0 Å². The van der Waals surface area contributed by atoms with Crippen LogP contribution >= 0.6 is 11.3 Å². The largest absolute Gasteiger partial charge is 0.472 e. The van der Waals surface area contributed by atoms with E-state index in [1.807, 2.05) is 12.3 Å². The van der Waals surface area contributed by atoms with Gasteiger partial charge in [0.2, 0.25) is 0 Å². The van der Waals surface area contributed by atoms with Crippen LogP contribution in [0, 0.1) is 6.92 Å². The number of furan rings is 1. The van der Waals surface area contributed by atoms with Gasteiger partial charge in [-0.1, -0.05) is 0 Å². The van der Waals surface area contributed by atoms with E-state index in [4.69, 9.17) is 4.42 Å². The van der Waals surface area contributed by atoms with Gasteiger partial charge < -0.3 is 9.73 Å². The second kappa shape index (κ2) is 5.27. The summed E-state index contributed by atoms with van der Waals surface area (Å²) in [5, 5.41) is 4.65. The van der Waals surface area contributed by atoms with E-state index in [0.717, 1.165) is 13.0 Å². The molecular formula is C12H16N2OS. The Hall–Kier alpha value is -1.13. The lowest BCUT2D eigenvalue weighted by Gasteiger charge is -2.10. The molecule has 0 saturated heterocycles. The number of hydrogen-bond acceptors (Lipinski definition) is 4. The van der Waals surface area contributed by atoms with Gasteiger partial charge in [-0.25, -0.2) is 4.98 Å². The molecule has 1 atom stereocenters. The molecule has 2 rings (SSSR count). The van der Waals surface area contributed by atoms with Crippen molar-refractivity contribution in [3.05, 3.63) is 40.2 Å². The fraction of sp³-hybridized carbons (Fsp3) is 0.417. The topological polar surface area (TPSA) is 38.1 Å². The smallest absolute Gasteiger partial charge is 0.0950 e. The molecule has 2 aromatic heterocycles. The second-order valence-corrected chi connectivity index (χ2v) is 5.17. The van der Waals surface area contributed by atoms with E-state index in [-0.39, 0.29) is 0 Å². The Labute approximate surface area is 99.5 Å². The van der Waals surface area contributed by atoms with Gasteiger partial charge in [-0.15, -0.1) is 11.3 Å². The zero-order valence-electron chi connectivity index (χ0n) is 9.56. The Balaban J connectivity index is 1.76. The first-order chi connectivity index (χ1) is 7.75. The Morgan fingerprint density at radius 3 is 3.06 bits per heavy atom. The number of nitrogens with one attached hydrogen (secondary N) is 1. The zero-order chi connectivity index (χ0) is 11.4. The summed E-state index contributed by atoms with van der Waals surface area (Å²) >= 11 is 1.77. The average molecular weight is 236 g/mol. The molecule has 0 aliphatic rings. The molecule has 0 spiro atoms. The van der Waals surface area contributed by atoms with Gasteiger partial charge in [0.05, 0.1) is 17.5 Å². The molecular weight excluding hydrogens is 220 g/mol. The van der Waals surface area contributed by atoms with Gasteiger partial charge in [-0.3, -0.25) is 0 Å². The third-order valence-electron chi connectivity index (χ3n) is 2.50. The van der Waals surface area contributed by atoms with Crippen LogP contribution in [0.5, 0.6) is 0 Å². The Morgan fingerprint density at radius 2 is 2.44 bits per heavy atom. The summed E-state index contributed by atoms with van der Waals surface area (Å²) in [7, 11) is 0. The first-order valence-corrected chi connectivity index (χ1v) is 6.24. The van der Waals surface area contributed by atoms with Crippen molar-refractivity contribution in [2.24, 2.45) is 0 Å². The molecule has 0 radical (unpaired) electrons. The summed E-state index contributed by atoms with van der Waals surface area (Å²) < 4.78 is 5.05. The van der Waals surface area contributed by atoms with Gasteiger partial charge in [0.1, 0.15) is 0 Å². The normalized spacial score (nSPS) is 12.9. The molecule has 0 fully saturated rings. The van der Waals surface area contributed by atoms with E-state index in [1.165, 1.54) is 15.4 Å². The van der Waals surface area contributed by atoms with Crippen molar-refractivity contribution in [3.63, 3.8) is 0 Å². The quantitative estimate of drug-likeness (QED) is 0.867. The van der Waals surface area contributed by atoms with Crippen LogP contribution in [0.4, 0.5) is 0 Å². The summed E-state index contributed by atoms with van der Waals surface area (Å²) in [6, 6.07) is 2.32. The highest BCUT2D eigenvalue weighted by Crippen LogP contribution is 2.14. The van der Waals surface area contributed by atoms with Crippen LogP contribution in [0.2, 0.25) is 0 Å². The SMILES string of the molecule is Cc1cnc(CCNC(C)c2ccoc2)s1. The van der Waals surface area contributed by atoms with Gasteiger partial charge in [0.15, 0.2) is 0 Å². The molecule has 0 saturated carbocycles. The Morgan fingerprint density at radius 1 is 1.56 bits per heavy atom. The minimum atomic E-state index is 0.333. The van der Waals surface area contributed by atoms with Crippen molar-refractivity contribution in [1.82, 2.24) is 10.3 Å². The summed E-state index contributed by atoms with van der Waals surface area (Å²) in [5.41, 5.74) is 1.19. The van der Waals surface area contributed by atoms with E-state index in [2.05, 4.69) is 24.1 Å². The van der Waals surface area contributed by atoms with Crippen molar-refractivity contribution in [2.75, 3.05) is 6.54 Å². The lowest BCUT2D eigenvalue weighted by atomic mass is 10.2. The van der Waals surface area contributed by atoms with Crippen LogP contribution < -0.4 is 5.32 Å². The zero-order valence-corrected chi connectivity index (χ0v) is 10.4. The molecule has 86 valence electrons. The monoisotopic (exact) mass is 236 g/mol. The van der Waals surface area contributed by atoms with Crippen LogP contribution in [-0.4, -0.2) is 11.5 Å². The first-order valence-electron chi connectivity index (χ1n) is 5.42. The van der Waals surface area contributed by atoms with Gasteiger partial charge in [0, 0.05) is 35.6 Å². The van der Waals surface area contributed by atoms with Gasteiger partial charge in [-0.05, 0) is 19.9 Å². The summed E-state index contributed by atoms with van der Waals surface area (Å²) in [6.07, 6.45) is 6.41. The summed E-state index contributed by atoms with van der Waals surface area (Å²) in [6.45, 7) is 5.17. The number of rotatable bonds is 5. The minimum absolute atomic E-state index is 0.333. The number of nitrogens with zero attached hydrogens (tertiary/aromatic N) is 1. The number of hydrogen-bond donors (Lipinski definition) is 1. The lowest BCUT2D eigenvalue weighted by molar-refractivity contribution is 0.539. The number of thiazole rings is 1. The Kier molecular flexibility index (Phi) is 3.74. The van der Waals surface area contributed by atoms with Crippen molar-refractivity contribution in [2.45, 2.75) is 26.3 Å². The number of aryl methyl sites for hydroxylation is 1. The fourth-order valence-corrected chi connectivity index (χ4v) is 2.34. The third kappa shape index (κ3) is 2.93. The predicted octanol–water partition coefficient (Wildman–Crippen LogP) is 2.94.